The predicted molar refractivity (Wildman–Crippen MR) is 264 cm³/mol. The van der Waals surface area contributed by atoms with Gasteiger partial charge in [-0.1, -0.05) is 38.1 Å². The standard InChI is InChI=1S/C52H84N6O13/c1-14-41-52(10,64)45(60)34(6)57(12)28-30(2)26-50(8,63)47(32(4)44(33(5)48(62)69-41)70-42-27-51(9,65-13)46(61)35(7)68-42)71-49-43(59)39(25-31(3)67-49)56(11)22-20-36-29-58(55-54-36)23-24-66-40-19-21-53-38-18-16-15-17-37(38)40/h15-19,21,29-35,39,41-47,49,59-61,63-64H,14,20,22-28H2,1-13H3/t30-,31-,32+,33-,34-,35+,39+,41-,42+,43-,44+,45-,46+,47-,49+,50-,51-,52-/m1/s1. The molecule has 0 bridgehead atoms. The summed E-state index contributed by atoms with van der Waals surface area (Å²) in [6.07, 6.45) is -4.83. The lowest BCUT2D eigenvalue weighted by Gasteiger charge is -2.49. The maximum absolute atomic E-state index is 14.5. The van der Waals surface area contributed by atoms with E-state index in [-0.39, 0.29) is 31.3 Å². The third-order valence-corrected chi connectivity index (χ3v) is 15.6. The van der Waals surface area contributed by atoms with E-state index < -0.39 is 102 Å². The second kappa shape index (κ2) is 23.8. The number of aromatic nitrogens is 4. The van der Waals surface area contributed by atoms with Crippen molar-refractivity contribution in [1.29, 1.82) is 0 Å². The molecule has 0 saturated carbocycles. The van der Waals surface area contributed by atoms with E-state index in [1.54, 1.807) is 52.4 Å². The van der Waals surface area contributed by atoms with Gasteiger partial charge in [0.25, 0.3) is 0 Å². The normalized spacial score (nSPS) is 39.5. The van der Waals surface area contributed by atoms with Crippen LogP contribution in [0, 0.1) is 17.8 Å². The van der Waals surface area contributed by atoms with Crippen molar-refractivity contribution >= 4 is 16.9 Å². The molecule has 2 aromatic heterocycles. The Morgan fingerprint density at radius 3 is 2.38 bits per heavy atom. The summed E-state index contributed by atoms with van der Waals surface area (Å²) >= 11 is 0. The largest absolute Gasteiger partial charge is 0.491 e. The zero-order valence-electron chi connectivity index (χ0n) is 44.3. The summed E-state index contributed by atoms with van der Waals surface area (Å²) in [4.78, 5) is 22.9. The van der Waals surface area contributed by atoms with Gasteiger partial charge in [-0.3, -0.25) is 9.78 Å². The molecule has 1 aromatic carbocycles. The molecule has 19 nitrogen and oxygen atoms in total. The van der Waals surface area contributed by atoms with E-state index in [2.05, 4.69) is 20.2 Å². The lowest BCUT2D eigenvalue weighted by atomic mass is 9.77. The van der Waals surface area contributed by atoms with E-state index in [1.807, 2.05) is 76.3 Å². The number of cyclic esters (lactones) is 1. The van der Waals surface area contributed by atoms with Gasteiger partial charge in [0.15, 0.2) is 12.6 Å². The molecule has 0 radical (unpaired) electrons. The number of esters is 1. The highest BCUT2D eigenvalue weighted by Crippen LogP contribution is 2.40. The number of rotatable bonds is 14. The van der Waals surface area contributed by atoms with Crippen molar-refractivity contribution in [2.24, 2.45) is 17.8 Å². The molecule has 19 heteroatoms. The van der Waals surface area contributed by atoms with Crippen molar-refractivity contribution in [1.82, 2.24) is 29.8 Å². The fourth-order valence-electron chi connectivity index (χ4n) is 11.1. The number of carbonyl (C=O) groups excluding carboxylic acids is 1. The number of hydrogen-bond acceptors (Lipinski definition) is 18. The van der Waals surface area contributed by atoms with Gasteiger partial charge in [0.2, 0.25) is 0 Å². The third kappa shape index (κ3) is 13.3. The molecule has 5 N–H and O–H groups in total. The molecule has 71 heavy (non-hydrogen) atoms. The van der Waals surface area contributed by atoms with Crippen molar-refractivity contribution < 1.29 is 63.5 Å². The number of benzene rings is 1. The first-order valence-corrected chi connectivity index (χ1v) is 25.5. The number of ether oxygens (including phenoxy) is 7. The molecule has 0 amide bonds. The number of nitrogens with zero attached hydrogens (tertiary/aromatic N) is 6. The molecule has 0 unspecified atom stereocenters. The molecule has 3 aliphatic rings. The quantitative estimate of drug-likeness (QED) is 0.145. The van der Waals surface area contributed by atoms with Crippen LogP contribution in [0.3, 0.4) is 0 Å². The summed E-state index contributed by atoms with van der Waals surface area (Å²) in [6, 6.07) is 8.69. The Bertz CT molecular complexity index is 2160. The van der Waals surface area contributed by atoms with Gasteiger partial charge in [-0.25, -0.2) is 4.68 Å². The molecule has 3 fully saturated rings. The Kier molecular flexibility index (Phi) is 19.1. The number of aliphatic hydroxyl groups is 5. The van der Waals surface area contributed by atoms with Gasteiger partial charge in [0.1, 0.15) is 42.4 Å². The minimum Gasteiger partial charge on any atom is -0.491 e. The summed E-state index contributed by atoms with van der Waals surface area (Å²) < 4.78 is 46.2. The summed E-state index contributed by atoms with van der Waals surface area (Å²) in [5.74, 6) is -2.02. The van der Waals surface area contributed by atoms with E-state index in [4.69, 9.17) is 33.2 Å². The number of likely N-dealkylation sites (N-methyl/N-ethyl adjacent to an activating group) is 2. The molecule has 0 aliphatic carbocycles. The topological polar surface area (TPSA) is 233 Å². The summed E-state index contributed by atoms with van der Waals surface area (Å²) in [6.45, 7) is 19.4. The van der Waals surface area contributed by atoms with Crippen LogP contribution in [-0.2, 0) is 46.2 Å². The van der Waals surface area contributed by atoms with Crippen molar-refractivity contribution in [2.45, 2.75) is 198 Å². The van der Waals surface area contributed by atoms with Crippen LogP contribution in [0.5, 0.6) is 5.75 Å². The maximum Gasteiger partial charge on any atom is 0.311 e. The first-order chi connectivity index (χ1) is 33.4. The van der Waals surface area contributed by atoms with Gasteiger partial charge in [-0.05, 0) is 106 Å². The minimum atomic E-state index is -1.83. The van der Waals surface area contributed by atoms with Crippen LogP contribution in [0.2, 0.25) is 0 Å². The number of hydrogen-bond donors (Lipinski definition) is 5. The van der Waals surface area contributed by atoms with Crippen LogP contribution in [0.25, 0.3) is 10.9 Å². The molecule has 3 aliphatic heterocycles. The van der Waals surface area contributed by atoms with Gasteiger partial charge >= 0.3 is 5.97 Å². The summed E-state index contributed by atoms with van der Waals surface area (Å²) in [7, 11) is 5.28. The minimum absolute atomic E-state index is 0.104. The smallest absolute Gasteiger partial charge is 0.311 e. The number of fused-ring (bicyclic) bond motifs is 1. The Balaban J connectivity index is 1.23. The Hall–Kier alpha value is -3.44. The highest BCUT2D eigenvalue weighted by Gasteiger charge is 2.53. The zero-order valence-corrected chi connectivity index (χ0v) is 44.3. The highest BCUT2D eigenvalue weighted by molar-refractivity contribution is 5.84. The molecule has 3 saturated heterocycles. The highest BCUT2D eigenvalue weighted by atomic mass is 16.7. The van der Waals surface area contributed by atoms with E-state index in [9.17, 15) is 30.3 Å². The van der Waals surface area contributed by atoms with Gasteiger partial charge < -0.3 is 68.5 Å². The van der Waals surface area contributed by atoms with Gasteiger partial charge in [0, 0.05) is 68.8 Å². The van der Waals surface area contributed by atoms with Crippen molar-refractivity contribution in [3.8, 4) is 5.75 Å². The first kappa shape index (κ1) is 56.8. The van der Waals surface area contributed by atoms with Crippen LogP contribution in [-0.4, -0.2) is 192 Å². The van der Waals surface area contributed by atoms with E-state index in [0.29, 0.717) is 39.1 Å². The van der Waals surface area contributed by atoms with E-state index in [1.165, 1.54) is 14.0 Å². The molecular formula is C52H84N6O13. The van der Waals surface area contributed by atoms with Crippen molar-refractivity contribution in [3.63, 3.8) is 0 Å². The lowest BCUT2D eigenvalue weighted by molar-refractivity contribution is -0.318. The van der Waals surface area contributed by atoms with Crippen LogP contribution in [0.4, 0.5) is 0 Å². The average Bonchev–Trinajstić information content (AvgIpc) is 3.79. The molecule has 18 atom stereocenters. The molecule has 6 rings (SSSR count). The van der Waals surface area contributed by atoms with Gasteiger partial charge in [0.05, 0.1) is 59.3 Å². The Morgan fingerprint density at radius 1 is 0.958 bits per heavy atom. The van der Waals surface area contributed by atoms with E-state index in [0.717, 1.165) is 22.3 Å². The van der Waals surface area contributed by atoms with Gasteiger partial charge in [-0.15, -0.1) is 5.10 Å². The zero-order chi connectivity index (χ0) is 52.2. The Labute approximate surface area is 420 Å². The fourth-order valence-corrected chi connectivity index (χ4v) is 11.1. The van der Waals surface area contributed by atoms with Crippen LogP contribution in [0.1, 0.15) is 101 Å². The monoisotopic (exact) mass is 1000 g/mol. The maximum atomic E-state index is 14.5. The SMILES string of the molecule is CC[C@H]1OC(=O)[C@H](C)[C@@H](O[C@H]2C[C@@](C)(OC)[C@@H](O)[C@H](C)O2)[C@H](C)[C@@H](O[C@@H]2O[C@H](C)C[C@H](N(C)CCc3cn(CCOc4ccnc5ccccc45)nn3)[C@H]2O)[C@](C)(O)C[C@@H](C)CN(C)[C@H](C)[C@@H](O)[C@]1(C)O. The number of methoxy groups -OCH3 is 1. The van der Waals surface area contributed by atoms with Crippen LogP contribution in [0.15, 0.2) is 42.7 Å². The first-order valence-electron chi connectivity index (χ1n) is 25.5. The number of pyridine rings is 1. The molecular weight excluding hydrogens is 917 g/mol. The fraction of sp³-hybridized carbons (Fsp3) is 0.769. The molecule has 400 valence electrons. The lowest BCUT2D eigenvalue weighted by Crippen LogP contribution is -2.61. The second-order valence-electron chi connectivity index (χ2n) is 21.6. The van der Waals surface area contributed by atoms with Crippen molar-refractivity contribution in [3.05, 3.63) is 48.4 Å². The third-order valence-electron chi connectivity index (χ3n) is 15.6. The summed E-state index contributed by atoms with van der Waals surface area (Å²) in [5, 5.41) is 69.4. The second-order valence-corrected chi connectivity index (χ2v) is 21.6. The molecule has 3 aromatic rings. The number of carbonyl (C=O) groups is 1. The number of para-hydroxylation sites is 1. The molecule has 5 heterocycles. The van der Waals surface area contributed by atoms with Gasteiger partial charge in [-0.2, -0.15) is 0 Å². The summed E-state index contributed by atoms with van der Waals surface area (Å²) in [5.41, 5.74) is -2.88. The van der Waals surface area contributed by atoms with E-state index >= 15 is 0 Å². The predicted octanol–water partition coefficient (Wildman–Crippen LogP) is 3.73. The molecule has 0 spiro atoms. The van der Waals surface area contributed by atoms with Crippen LogP contribution < -0.4 is 4.74 Å². The number of aliphatic hydroxyl groups excluding tert-OH is 3. The average molecular weight is 1000 g/mol. The Morgan fingerprint density at radius 2 is 1.68 bits per heavy atom. The van der Waals surface area contributed by atoms with Crippen molar-refractivity contribution in [2.75, 3.05) is 40.9 Å². The van der Waals surface area contributed by atoms with Crippen LogP contribution >= 0.6 is 0 Å².